The molecule has 1 fully saturated rings. The van der Waals surface area contributed by atoms with Crippen molar-refractivity contribution in [1.82, 2.24) is 15.1 Å². The smallest absolute Gasteiger partial charge is 0.325 e. The maximum Gasteiger partial charge on any atom is 0.325 e. The number of nitrogens with zero attached hydrogens (tertiary/aromatic N) is 3. The minimum absolute atomic E-state index is 0.0502. The molecule has 2 heterocycles. The Labute approximate surface area is 160 Å². The molecule has 3 rings (SSSR count). The Kier molecular flexibility index (Phi) is 5.84. The number of hydrogen-bond donors (Lipinski definition) is 2. The number of benzene rings is 1. The second-order valence-corrected chi connectivity index (χ2v) is 7.08. The number of amides is 4. The Morgan fingerprint density at radius 1 is 1.33 bits per heavy atom. The number of thioether (sulfide) groups is 1. The molecular formula is C17H21N5O4S. The van der Waals surface area contributed by atoms with E-state index in [9.17, 15) is 14.4 Å². The van der Waals surface area contributed by atoms with Crippen LogP contribution in [0.15, 0.2) is 35.3 Å². The van der Waals surface area contributed by atoms with Gasteiger partial charge in [0.05, 0.1) is 12.4 Å². The second kappa shape index (κ2) is 8.30. The van der Waals surface area contributed by atoms with Gasteiger partial charge in [-0.1, -0.05) is 30.0 Å². The number of carbonyl (C=O) groups is 3. The number of amidine groups is 1. The molecule has 0 bridgehead atoms. The molecule has 0 spiro atoms. The lowest BCUT2D eigenvalue weighted by Crippen LogP contribution is -2.63. The van der Waals surface area contributed by atoms with Crippen LogP contribution in [0.1, 0.15) is 6.42 Å². The molecule has 2 aliphatic heterocycles. The Balaban J connectivity index is 1.65. The summed E-state index contributed by atoms with van der Waals surface area (Å²) in [6.07, 6.45) is 0.0239. The third-order valence-corrected chi connectivity index (χ3v) is 5.25. The number of nitrogens with two attached hydrogens (primary N) is 1. The van der Waals surface area contributed by atoms with Crippen LogP contribution in [0.2, 0.25) is 0 Å². The van der Waals surface area contributed by atoms with Crippen LogP contribution in [0.5, 0.6) is 5.75 Å². The van der Waals surface area contributed by atoms with Gasteiger partial charge in [-0.25, -0.2) is 9.79 Å². The largest absolute Gasteiger partial charge is 0.494 e. The molecule has 0 aliphatic carbocycles. The van der Waals surface area contributed by atoms with Crippen LogP contribution in [0.4, 0.5) is 4.79 Å². The summed E-state index contributed by atoms with van der Waals surface area (Å²) in [7, 11) is 1.58. The highest BCUT2D eigenvalue weighted by Gasteiger charge is 2.48. The molecular weight excluding hydrogens is 370 g/mol. The number of rotatable bonds is 7. The van der Waals surface area contributed by atoms with E-state index in [4.69, 9.17) is 10.5 Å². The van der Waals surface area contributed by atoms with Crippen molar-refractivity contribution < 1.29 is 19.1 Å². The van der Waals surface area contributed by atoms with Crippen LogP contribution < -0.4 is 15.8 Å². The molecule has 0 saturated carbocycles. The number of carbonyl (C=O) groups excluding carboxylic acids is 3. The van der Waals surface area contributed by atoms with E-state index < -0.39 is 30.1 Å². The maximum atomic E-state index is 12.4. The van der Waals surface area contributed by atoms with E-state index in [1.54, 1.807) is 7.05 Å². The highest BCUT2D eigenvalue weighted by Crippen LogP contribution is 2.28. The third-order valence-electron chi connectivity index (χ3n) is 4.22. The van der Waals surface area contributed by atoms with E-state index >= 15 is 0 Å². The van der Waals surface area contributed by atoms with Gasteiger partial charge in [0.2, 0.25) is 5.91 Å². The van der Waals surface area contributed by atoms with E-state index in [0.717, 1.165) is 5.75 Å². The third kappa shape index (κ3) is 4.33. The van der Waals surface area contributed by atoms with Crippen molar-refractivity contribution in [3.8, 4) is 5.75 Å². The first-order valence-corrected chi connectivity index (χ1v) is 9.47. The van der Waals surface area contributed by atoms with Crippen LogP contribution in [0, 0.1) is 0 Å². The van der Waals surface area contributed by atoms with Gasteiger partial charge in [-0.3, -0.25) is 14.9 Å². The van der Waals surface area contributed by atoms with Gasteiger partial charge in [0.1, 0.15) is 5.75 Å². The highest BCUT2D eigenvalue weighted by molar-refractivity contribution is 8.14. The fourth-order valence-corrected chi connectivity index (χ4v) is 3.76. The molecule has 2 aliphatic rings. The van der Waals surface area contributed by atoms with Gasteiger partial charge in [-0.2, -0.15) is 0 Å². The van der Waals surface area contributed by atoms with Gasteiger partial charge in [0.15, 0.2) is 17.4 Å². The van der Waals surface area contributed by atoms with Crippen molar-refractivity contribution in [1.29, 1.82) is 0 Å². The maximum absolute atomic E-state index is 12.4. The minimum Gasteiger partial charge on any atom is -0.494 e. The van der Waals surface area contributed by atoms with Gasteiger partial charge >= 0.3 is 6.03 Å². The minimum atomic E-state index is -0.625. The summed E-state index contributed by atoms with van der Waals surface area (Å²) >= 11 is 1.17. The van der Waals surface area contributed by atoms with Crippen LogP contribution in [-0.4, -0.2) is 71.0 Å². The summed E-state index contributed by atoms with van der Waals surface area (Å²) in [5.74, 6) is -0.0481. The van der Waals surface area contributed by atoms with E-state index in [1.165, 1.54) is 16.7 Å². The van der Waals surface area contributed by atoms with Gasteiger partial charge in [0, 0.05) is 13.6 Å². The monoisotopic (exact) mass is 391 g/mol. The zero-order chi connectivity index (χ0) is 19.4. The Morgan fingerprint density at radius 2 is 2.07 bits per heavy atom. The van der Waals surface area contributed by atoms with Crippen molar-refractivity contribution in [2.75, 3.05) is 26.0 Å². The molecule has 1 aromatic carbocycles. The molecule has 1 saturated heterocycles. The topological polar surface area (TPSA) is 117 Å². The standard InChI is InChI=1S/C17H21N5O4S/c1-21-14-13(15(24)20-16(21)25)22(17(19-14)27-10-12(18)23)8-5-9-26-11-6-3-2-4-7-11/h2-4,6-7,13-14H,5,8-10H2,1H3,(H2,18,23)(H,20,24,25). The zero-order valence-electron chi connectivity index (χ0n) is 14.8. The number of nitrogens with one attached hydrogen (secondary N) is 1. The number of fused-ring (bicyclic) bond motifs is 1. The number of likely N-dealkylation sites (N-methyl/N-ethyl adjacent to an activating group) is 1. The molecule has 0 radical (unpaired) electrons. The van der Waals surface area contributed by atoms with Crippen LogP contribution in [0.25, 0.3) is 0 Å². The van der Waals surface area contributed by atoms with Gasteiger partial charge in [-0.15, -0.1) is 0 Å². The van der Waals surface area contributed by atoms with Crippen LogP contribution in [-0.2, 0) is 9.59 Å². The lowest BCUT2D eigenvalue weighted by atomic mass is 10.1. The first kappa shape index (κ1) is 19.0. The summed E-state index contributed by atoms with van der Waals surface area (Å²) in [6, 6.07) is 8.33. The fraction of sp³-hybridized carbons (Fsp3) is 0.412. The highest BCUT2D eigenvalue weighted by atomic mass is 32.2. The number of para-hydroxylation sites is 1. The SMILES string of the molecule is CN1C(=O)NC(=O)C2C1N=C(SCC(N)=O)N2CCCOc1ccccc1. The number of hydrogen-bond acceptors (Lipinski definition) is 7. The molecule has 2 unspecified atom stereocenters. The van der Waals surface area contributed by atoms with Crippen molar-refractivity contribution in [3.05, 3.63) is 30.3 Å². The van der Waals surface area contributed by atoms with E-state index in [-0.39, 0.29) is 5.75 Å². The predicted octanol–water partition coefficient (Wildman–Crippen LogP) is 0.222. The molecule has 9 nitrogen and oxygen atoms in total. The van der Waals surface area contributed by atoms with Crippen LogP contribution >= 0.6 is 11.8 Å². The van der Waals surface area contributed by atoms with Gasteiger partial charge in [-0.05, 0) is 18.6 Å². The number of urea groups is 1. The Hall–Kier alpha value is -2.75. The summed E-state index contributed by atoms with van der Waals surface area (Å²) in [4.78, 5) is 43.0. The predicted molar refractivity (Wildman–Crippen MR) is 101 cm³/mol. The quantitative estimate of drug-likeness (QED) is 0.642. The Morgan fingerprint density at radius 3 is 2.78 bits per heavy atom. The molecule has 1 aromatic rings. The van der Waals surface area contributed by atoms with E-state index in [1.807, 2.05) is 35.2 Å². The summed E-state index contributed by atoms with van der Waals surface area (Å²) in [5.41, 5.74) is 5.23. The van der Waals surface area contributed by atoms with Crippen molar-refractivity contribution in [3.63, 3.8) is 0 Å². The first-order valence-electron chi connectivity index (χ1n) is 8.48. The second-order valence-electron chi connectivity index (χ2n) is 6.14. The van der Waals surface area contributed by atoms with Crippen molar-refractivity contribution in [2.24, 2.45) is 10.7 Å². The Bertz CT molecular complexity index is 757. The molecule has 27 heavy (non-hydrogen) atoms. The fourth-order valence-electron chi connectivity index (χ4n) is 2.93. The van der Waals surface area contributed by atoms with Crippen LogP contribution in [0.3, 0.4) is 0 Å². The normalized spacial score (nSPS) is 21.6. The number of primary amides is 1. The average Bonchev–Trinajstić information content (AvgIpc) is 3.02. The molecule has 3 N–H and O–H groups in total. The molecule has 144 valence electrons. The van der Waals surface area contributed by atoms with Gasteiger partial charge in [0.25, 0.3) is 5.91 Å². The van der Waals surface area contributed by atoms with Crippen molar-refractivity contribution >= 4 is 34.8 Å². The van der Waals surface area contributed by atoms with E-state index in [0.29, 0.717) is 24.7 Å². The zero-order valence-corrected chi connectivity index (χ0v) is 15.6. The molecule has 4 amide bonds. The average molecular weight is 391 g/mol. The summed E-state index contributed by atoms with van der Waals surface area (Å²) in [5, 5.41) is 2.86. The number of aliphatic imine (C=N–C) groups is 1. The summed E-state index contributed by atoms with van der Waals surface area (Å²) in [6.45, 7) is 0.954. The molecule has 0 aromatic heterocycles. The first-order chi connectivity index (χ1) is 13.0. The van der Waals surface area contributed by atoms with Crippen molar-refractivity contribution in [2.45, 2.75) is 18.6 Å². The number of imide groups is 1. The van der Waals surface area contributed by atoms with Gasteiger partial charge < -0.3 is 20.3 Å². The van der Waals surface area contributed by atoms with E-state index in [2.05, 4.69) is 10.3 Å². The number of ether oxygens (including phenoxy) is 1. The molecule has 2 atom stereocenters. The molecule has 10 heteroatoms. The lowest BCUT2D eigenvalue weighted by molar-refractivity contribution is -0.127. The lowest BCUT2D eigenvalue weighted by Gasteiger charge is -2.36. The summed E-state index contributed by atoms with van der Waals surface area (Å²) < 4.78 is 5.69.